The Labute approximate surface area is 128 Å². The number of benzene rings is 1. The third kappa shape index (κ3) is 2.87. The summed E-state index contributed by atoms with van der Waals surface area (Å²) in [4.78, 5) is 14.2. The summed E-state index contributed by atoms with van der Waals surface area (Å²) >= 11 is 12.0. The van der Waals surface area contributed by atoms with Gasteiger partial charge < -0.3 is 15.5 Å². The lowest BCUT2D eigenvalue weighted by atomic mass is 9.90. The van der Waals surface area contributed by atoms with E-state index in [1.807, 2.05) is 4.90 Å². The maximum absolute atomic E-state index is 12.3. The summed E-state index contributed by atoms with van der Waals surface area (Å²) in [5, 5.41) is 7.30. The van der Waals surface area contributed by atoms with Gasteiger partial charge in [-0.15, -0.1) is 0 Å². The normalized spacial score (nSPS) is 25.4. The molecule has 0 aliphatic carbocycles. The first-order valence-electron chi connectivity index (χ1n) is 6.85. The summed E-state index contributed by atoms with van der Waals surface area (Å²) in [5.41, 5.74) is 0.567. The molecule has 0 saturated carbocycles. The number of hydrogen-bond acceptors (Lipinski definition) is 2. The van der Waals surface area contributed by atoms with Gasteiger partial charge in [-0.1, -0.05) is 23.2 Å². The van der Waals surface area contributed by atoms with Gasteiger partial charge in [-0.3, -0.25) is 0 Å². The number of nitrogens with zero attached hydrogens (tertiary/aromatic N) is 1. The Morgan fingerprint density at radius 2 is 2.10 bits per heavy atom. The fourth-order valence-corrected chi connectivity index (χ4v) is 3.36. The number of likely N-dealkylation sites (tertiary alicyclic amines) is 1. The standard InChI is InChI=1S/C14H17Cl2N3O/c15-11-1-2-12(16)13(5-11)18-14(20)19-7-9-3-4-17-6-10(9)8-19/h1-2,5,9-10,17H,3-4,6-8H2,(H,18,20). The number of amides is 2. The Kier molecular flexibility index (Phi) is 4.06. The van der Waals surface area contributed by atoms with E-state index in [4.69, 9.17) is 23.2 Å². The Hall–Kier alpha value is -0.970. The van der Waals surface area contributed by atoms with E-state index in [2.05, 4.69) is 10.6 Å². The molecule has 2 heterocycles. The van der Waals surface area contributed by atoms with Crippen LogP contribution in [0.15, 0.2) is 18.2 Å². The molecule has 2 aliphatic heterocycles. The van der Waals surface area contributed by atoms with Crippen molar-refractivity contribution < 1.29 is 4.79 Å². The fraction of sp³-hybridized carbons (Fsp3) is 0.500. The Balaban J connectivity index is 1.66. The Bertz CT molecular complexity index is 509. The molecular formula is C14H17Cl2N3O. The molecule has 1 aromatic rings. The second-order valence-corrected chi connectivity index (χ2v) is 6.32. The van der Waals surface area contributed by atoms with Gasteiger partial charge in [-0.05, 0) is 49.5 Å². The van der Waals surface area contributed by atoms with Crippen LogP contribution in [0.2, 0.25) is 10.0 Å². The molecule has 3 rings (SSSR count). The Morgan fingerprint density at radius 1 is 1.30 bits per heavy atom. The maximum Gasteiger partial charge on any atom is 0.321 e. The van der Waals surface area contributed by atoms with E-state index in [1.54, 1.807) is 18.2 Å². The van der Waals surface area contributed by atoms with Gasteiger partial charge in [0.15, 0.2) is 0 Å². The molecule has 2 unspecified atom stereocenters. The number of carbonyl (C=O) groups is 1. The lowest BCUT2D eigenvalue weighted by molar-refractivity contribution is 0.220. The zero-order valence-corrected chi connectivity index (χ0v) is 12.5. The van der Waals surface area contributed by atoms with Crippen molar-refractivity contribution in [2.45, 2.75) is 6.42 Å². The van der Waals surface area contributed by atoms with Gasteiger partial charge >= 0.3 is 6.03 Å². The molecule has 0 radical (unpaired) electrons. The highest BCUT2D eigenvalue weighted by molar-refractivity contribution is 6.35. The molecule has 2 aliphatic rings. The SMILES string of the molecule is O=C(Nc1cc(Cl)ccc1Cl)N1CC2CCNCC2C1. The van der Waals surface area contributed by atoms with Crippen molar-refractivity contribution in [1.29, 1.82) is 0 Å². The van der Waals surface area contributed by atoms with Gasteiger partial charge in [0.25, 0.3) is 0 Å². The number of fused-ring (bicyclic) bond motifs is 1. The highest BCUT2D eigenvalue weighted by Crippen LogP contribution is 2.30. The zero-order chi connectivity index (χ0) is 14.1. The van der Waals surface area contributed by atoms with Crippen molar-refractivity contribution in [3.05, 3.63) is 28.2 Å². The molecule has 0 spiro atoms. The number of anilines is 1. The largest absolute Gasteiger partial charge is 0.324 e. The molecule has 2 N–H and O–H groups in total. The van der Waals surface area contributed by atoms with Crippen LogP contribution in [-0.4, -0.2) is 37.1 Å². The van der Waals surface area contributed by atoms with Crippen molar-refractivity contribution >= 4 is 34.9 Å². The van der Waals surface area contributed by atoms with Crippen molar-refractivity contribution in [3.63, 3.8) is 0 Å². The molecule has 1 aromatic carbocycles. The van der Waals surface area contributed by atoms with Crippen LogP contribution in [-0.2, 0) is 0 Å². The average Bonchev–Trinajstić information content (AvgIpc) is 2.87. The summed E-state index contributed by atoms with van der Waals surface area (Å²) in [6, 6.07) is 4.97. The third-order valence-corrected chi connectivity index (χ3v) is 4.70. The van der Waals surface area contributed by atoms with Gasteiger partial charge in [0.05, 0.1) is 10.7 Å². The van der Waals surface area contributed by atoms with E-state index in [0.29, 0.717) is 27.6 Å². The first-order chi connectivity index (χ1) is 9.63. The van der Waals surface area contributed by atoms with Crippen LogP contribution in [0.1, 0.15) is 6.42 Å². The summed E-state index contributed by atoms with van der Waals surface area (Å²) < 4.78 is 0. The maximum atomic E-state index is 12.3. The quantitative estimate of drug-likeness (QED) is 0.837. The van der Waals surface area contributed by atoms with Crippen molar-refractivity contribution in [1.82, 2.24) is 10.2 Å². The smallest absolute Gasteiger partial charge is 0.321 e. The second-order valence-electron chi connectivity index (χ2n) is 5.47. The van der Waals surface area contributed by atoms with Crippen LogP contribution < -0.4 is 10.6 Å². The van der Waals surface area contributed by atoms with Gasteiger partial charge in [-0.2, -0.15) is 0 Å². The number of halogens is 2. The molecular weight excluding hydrogens is 297 g/mol. The van der Waals surface area contributed by atoms with Crippen molar-refractivity contribution in [2.75, 3.05) is 31.5 Å². The zero-order valence-electron chi connectivity index (χ0n) is 11.0. The highest BCUT2D eigenvalue weighted by Gasteiger charge is 2.36. The highest BCUT2D eigenvalue weighted by atomic mass is 35.5. The summed E-state index contributed by atoms with van der Waals surface area (Å²) in [7, 11) is 0. The molecule has 2 saturated heterocycles. The molecule has 2 atom stereocenters. The molecule has 6 heteroatoms. The molecule has 4 nitrogen and oxygen atoms in total. The minimum absolute atomic E-state index is 0.0939. The number of rotatable bonds is 1. The number of piperidine rings is 1. The Morgan fingerprint density at radius 3 is 2.90 bits per heavy atom. The number of carbonyl (C=O) groups excluding carboxylic acids is 1. The number of nitrogens with one attached hydrogen (secondary N) is 2. The van der Waals surface area contributed by atoms with Crippen molar-refractivity contribution in [2.24, 2.45) is 11.8 Å². The number of hydrogen-bond donors (Lipinski definition) is 2. The first-order valence-corrected chi connectivity index (χ1v) is 7.61. The monoisotopic (exact) mass is 313 g/mol. The van der Waals surface area contributed by atoms with E-state index in [9.17, 15) is 4.79 Å². The van der Waals surface area contributed by atoms with Crippen LogP contribution in [0.3, 0.4) is 0 Å². The van der Waals surface area contributed by atoms with E-state index < -0.39 is 0 Å². The average molecular weight is 314 g/mol. The van der Waals surface area contributed by atoms with Gasteiger partial charge in [0.1, 0.15) is 0 Å². The molecule has 0 bridgehead atoms. The predicted molar refractivity (Wildman–Crippen MR) is 81.5 cm³/mol. The topological polar surface area (TPSA) is 44.4 Å². The summed E-state index contributed by atoms with van der Waals surface area (Å²) in [5.74, 6) is 1.20. The molecule has 2 fully saturated rings. The minimum Gasteiger partial charge on any atom is -0.324 e. The van der Waals surface area contributed by atoms with E-state index in [0.717, 1.165) is 32.6 Å². The van der Waals surface area contributed by atoms with Gasteiger partial charge in [-0.25, -0.2) is 4.79 Å². The van der Waals surface area contributed by atoms with E-state index in [-0.39, 0.29) is 6.03 Å². The molecule has 20 heavy (non-hydrogen) atoms. The van der Waals surface area contributed by atoms with Gasteiger partial charge in [0, 0.05) is 18.1 Å². The summed E-state index contributed by atoms with van der Waals surface area (Å²) in [6.45, 7) is 3.70. The van der Waals surface area contributed by atoms with E-state index in [1.165, 1.54) is 0 Å². The van der Waals surface area contributed by atoms with E-state index >= 15 is 0 Å². The van der Waals surface area contributed by atoms with Crippen LogP contribution in [0, 0.1) is 11.8 Å². The third-order valence-electron chi connectivity index (χ3n) is 4.13. The lowest BCUT2D eigenvalue weighted by Gasteiger charge is -2.23. The van der Waals surface area contributed by atoms with Crippen LogP contribution in [0.25, 0.3) is 0 Å². The fourth-order valence-electron chi connectivity index (χ4n) is 3.03. The minimum atomic E-state index is -0.0939. The predicted octanol–water partition coefficient (Wildman–Crippen LogP) is 3.07. The van der Waals surface area contributed by atoms with Crippen LogP contribution in [0.5, 0.6) is 0 Å². The molecule has 2 amide bonds. The van der Waals surface area contributed by atoms with Crippen molar-refractivity contribution in [3.8, 4) is 0 Å². The molecule has 108 valence electrons. The number of urea groups is 1. The second kappa shape index (κ2) is 5.80. The molecule has 0 aromatic heterocycles. The first kappa shape index (κ1) is 14.0. The van der Waals surface area contributed by atoms with Gasteiger partial charge in [0.2, 0.25) is 0 Å². The van der Waals surface area contributed by atoms with Crippen LogP contribution in [0.4, 0.5) is 10.5 Å². The summed E-state index contributed by atoms with van der Waals surface area (Å²) in [6.07, 6.45) is 1.15. The lowest BCUT2D eigenvalue weighted by Crippen LogP contribution is -2.35. The van der Waals surface area contributed by atoms with Crippen LogP contribution >= 0.6 is 23.2 Å².